The van der Waals surface area contributed by atoms with Crippen LogP contribution in [0.1, 0.15) is 36.6 Å². The summed E-state index contributed by atoms with van der Waals surface area (Å²) in [6, 6.07) is 13.7. The quantitative estimate of drug-likeness (QED) is 0.232. The van der Waals surface area contributed by atoms with Crippen LogP contribution in [0, 0.1) is 17.0 Å². The Kier molecular flexibility index (Phi) is 6.45. The van der Waals surface area contributed by atoms with Gasteiger partial charge in [-0.25, -0.2) is 9.48 Å². The number of aromatic nitrogens is 3. The highest BCUT2D eigenvalue weighted by atomic mass is 32.2. The molecule has 4 rings (SSSR count). The predicted molar refractivity (Wildman–Crippen MR) is 125 cm³/mol. The number of ether oxygens (including phenoxy) is 1. The molecular weight excluding hydrogens is 442 g/mol. The second-order valence-electron chi connectivity index (χ2n) is 7.58. The SMILES string of the molecule is CCOC(=O)C1=C(C)Nc2nc(SCc3cccc(C)c3)nn2[C@@H]1c1ccc([N+](=O)[O-])cc1. The number of non-ortho nitro benzene ring substituents is 1. The van der Waals surface area contributed by atoms with Crippen molar-refractivity contribution in [1.29, 1.82) is 0 Å². The summed E-state index contributed by atoms with van der Waals surface area (Å²) in [6.07, 6.45) is 0. The van der Waals surface area contributed by atoms with Gasteiger partial charge < -0.3 is 10.1 Å². The molecule has 1 atom stereocenters. The molecule has 3 aromatic rings. The van der Waals surface area contributed by atoms with Crippen LogP contribution < -0.4 is 5.32 Å². The van der Waals surface area contributed by atoms with Crippen molar-refractivity contribution in [3.63, 3.8) is 0 Å². The Morgan fingerprint density at radius 2 is 2.00 bits per heavy atom. The van der Waals surface area contributed by atoms with Gasteiger partial charge in [0, 0.05) is 23.6 Å². The van der Waals surface area contributed by atoms with E-state index < -0.39 is 16.9 Å². The summed E-state index contributed by atoms with van der Waals surface area (Å²) in [5.74, 6) is 0.724. The van der Waals surface area contributed by atoms with E-state index in [2.05, 4.69) is 27.5 Å². The number of allylic oxidation sites excluding steroid dienone is 1. The third kappa shape index (κ3) is 4.75. The van der Waals surface area contributed by atoms with E-state index in [1.54, 1.807) is 30.7 Å². The number of rotatable bonds is 7. The topological polar surface area (TPSA) is 112 Å². The molecule has 10 heteroatoms. The number of nitrogens with zero attached hydrogens (tertiary/aromatic N) is 4. The van der Waals surface area contributed by atoms with Gasteiger partial charge in [-0.2, -0.15) is 4.98 Å². The number of carbonyl (C=O) groups is 1. The molecule has 0 spiro atoms. The van der Waals surface area contributed by atoms with Gasteiger partial charge >= 0.3 is 5.97 Å². The number of thioether (sulfide) groups is 1. The van der Waals surface area contributed by atoms with E-state index in [9.17, 15) is 14.9 Å². The lowest BCUT2D eigenvalue weighted by atomic mass is 9.95. The number of nitro groups is 1. The minimum Gasteiger partial charge on any atom is -0.463 e. The number of fused-ring (bicyclic) bond motifs is 1. The first-order valence-corrected chi connectivity index (χ1v) is 11.4. The molecular formula is C23H23N5O4S. The molecule has 170 valence electrons. The van der Waals surface area contributed by atoms with Crippen molar-refractivity contribution in [2.45, 2.75) is 37.7 Å². The third-order valence-corrected chi connectivity index (χ3v) is 6.11. The maximum atomic E-state index is 12.8. The lowest BCUT2D eigenvalue weighted by molar-refractivity contribution is -0.384. The van der Waals surface area contributed by atoms with E-state index in [1.807, 2.05) is 19.1 Å². The number of nitrogens with one attached hydrogen (secondary N) is 1. The molecule has 0 saturated heterocycles. The van der Waals surface area contributed by atoms with Crippen LogP contribution in [-0.2, 0) is 15.3 Å². The molecule has 0 radical (unpaired) electrons. The van der Waals surface area contributed by atoms with Crippen molar-refractivity contribution in [3.05, 3.63) is 86.6 Å². The summed E-state index contributed by atoms with van der Waals surface area (Å²) in [5.41, 5.74) is 3.98. The Labute approximate surface area is 195 Å². The van der Waals surface area contributed by atoms with E-state index in [4.69, 9.17) is 4.74 Å². The second-order valence-corrected chi connectivity index (χ2v) is 8.52. The Balaban J connectivity index is 1.70. The van der Waals surface area contributed by atoms with Gasteiger partial charge in [-0.1, -0.05) is 41.6 Å². The molecule has 1 aliphatic rings. The Bertz CT molecular complexity index is 1240. The summed E-state index contributed by atoms with van der Waals surface area (Å²) >= 11 is 1.49. The zero-order valence-corrected chi connectivity index (χ0v) is 19.3. The molecule has 1 aromatic heterocycles. The number of carbonyl (C=O) groups excluding carboxylic acids is 1. The molecule has 2 aromatic carbocycles. The molecule has 33 heavy (non-hydrogen) atoms. The van der Waals surface area contributed by atoms with Crippen LogP contribution in [-0.4, -0.2) is 32.3 Å². The van der Waals surface area contributed by atoms with Crippen molar-refractivity contribution >= 4 is 29.4 Å². The molecule has 0 bridgehead atoms. The number of esters is 1. The molecule has 9 nitrogen and oxygen atoms in total. The minimum atomic E-state index is -0.623. The van der Waals surface area contributed by atoms with Crippen LogP contribution in [0.15, 0.2) is 65.0 Å². The number of nitro benzene ring substituents is 1. The van der Waals surface area contributed by atoms with Gasteiger partial charge in [0.1, 0.15) is 6.04 Å². The largest absolute Gasteiger partial charge is 0.463 e. The van der Waals surface area contributed by atoms with Crippen LogP contribution >= 0.6 is 11.8 Å². The molecule has 0 fully saturated rings. The van der Waals surface area contributed by atoms with Gasteiger partial charge in [0.2, 0.25) is 11.1 Å². The van der Waals surface area contributed by atoms with E-state index in [1.165, 1.54) is 29.5 Å². The Morgan fingerprint density at radius 1 is 1.24 bits per heavy atom. The first kappa shape index (κ1) is 22.5. The van der Waals surface area contributed by atoms with E-state index >= 15 is 0 Å². The smallest absolute Gasteiger partial charge is 0.338 e. The fraction of sp³-hybridized carbons (Fsp3) is 0.261. The fourth-order valence-electron chi connectivity index (χ4n) is 3.70. The summed E-state index contributed by atoms with van der Waals surface area (Å²) in [7, 11) is 0. The summed E-state index contributed by atoms with van der Waals surface area (Å²) in [6.45, 7) is 5.80. The molecule has 2 heterocycles. The number of benzene rings is 2. The van der Waals surface area contributed by atoms with Crippen LogP contribution in [0.2, 0.25) is 0 Å². The number of anilines is 1. The third-order valence-electron chi connectivity index (χ3n) is 5.20. The van der Waals surface area contributed by atoms with Crippen LogP contribution in [0.25, 0.3) is 0 Å². The monoisotopic (exact) mass is 465 g/mol. The minimum absolute atomic E-state index is 0.0284. The first-order chi connectivity index (χ1) is 15.9. The second kappa shape index (κ2) is 9.45. The molecule has 1 N–H and O–H groups in total. The summed E-state index contributed by atoms with van der Waals surface area (Å²) < 4.78 is 6.93. The van der Waals surface area contributed by atoms with Gasteiger partial charge in [-0.3, -0.25) is 10.1 Å². The molecule has 1 aliphatic heterocycles. The standard InChI is InChI=1S/C23H23N5O4S/c1-4-32-21(29)19-15(3)24-22-25-23(33-13-16-7-5-6-14(2)12-16)26-27(22)20(19)17-8-10-18(11-9-17)28(30)31/h5-12,20H,4,13H2,1-3H3,(H,24,25,26)/t20-/m1/s1. The maximum Gasteiger partial charge on any atom is 0.338 e. The van der Waals surface area contributed by atoms with E-state index in [0.717, 1.165) is 5.56 Å². The highest BCUT2D eigenvalue weighted by Crippen LogP contribution is 2.37. The fourth-order valence-corrected chi connectivity index (χ4v) is 4.47. The maximum absolute atomic E-state index is 12.8. The summed E-state index contributed by atoms with van der Waals surface area (Å²) in [4.78, 5) is 28.1. The van der Waals surface area contributed by atoms with Gasteiger partial charge in [0.25, 0.3) is 5.69 Å². The van der Waals surface area contributed by atoms with Crippen LogP contribution in [0.4, 0.5) is 11.6 Å². The Morgan fingerprint density at radius 3 is 2.67 bits per heavy atom. The predicted octanol–water partition coefficient (Wildman–Crippen LogP) is 4.64. The lowest BCUT2D eigenvalue weighted by Crippen LogP contribution is -2.29. The van der Waals surface area contributed by atoms with Crippen molar-refractivity contribution in [2.75, 3.05) is 11.9 Å². The lowest BCUT2D eigenvalue weighted by Gasteiger charge is -2.28. The Hall–Kier alpha value is -3.66. The normalized spacial score (nSPS) is 15.1. The average molecular weight is 466 g/mol. The van der Waals surface area contributed by atoms with Crippen LogP contribution in [0.5, 0.6) is 0 Å². The molecule has 0 saturated carbocycles. The van der Waals surface area contributed by atoms with Gasteiger partial charge in [-0.15, -0.1) is 5.10 Å². The van der Waals surface area contributed by atoms with Gasteiger partial charge in [0.05, 0.1) is 17.1 Å². The molecule has 0 aliphatic carbocycles. The first-order valence-electron chi connectivity index (χ1n) is 10.4. The number of hydrogen-bond acceptors (Lipinski definition) is 8. The van der Waals surface area contributed by atoms with Crippen molar-refractivity contribution < 1.29 is 14.5 Å². The number of hydrogen-bond donors (Lipinski definition) is 1. The van der Waals surface area contributed by atoms with Gasteiger partial charge in [-0.05, 0) is 44.0 Å². The zero-order chi connectivity index (χ0) is 23.5. The van der Waals surface area contributed by atoms with Crippen molar-refractivity contribution in [3.8, 4) is 0 Å². The number of aryl methyl sites for hydroxylation is 1. The molecule has 0 amide bonds. The molecule has 0 unspecified atom stereocenters. The van der Waals surface area contributed by atoms with Gasteiger partial charge in [0.15, 0.2) is 0 Å². The van der Waals surface area contributed by atoms with E-state index in [0.29, 0.717) is 33.7 Å². The average Bonchev–Trinajstić information content (AvgIpc) is 3.19. The highest BCUT2D eigenvalue weighted by Gasteiger charge is 2.35. The highest BCUT2D eigenvalue weighted by molar-refractivity contribution is 7.98. The van der Waals surface area contributed by atoms with Crippen molar-refractivity contribution in [1.82, 2.24) is 14.8 Å². The van der Waals surface area contributed by atoms with Crippen LogP contribution in [0.3, 0.4) is 0 Å². The van der Waals surface area contributed by atoms with Crippen molar-refractivity contribution in [2.24, 2.45) is 0 Å². The summed E-state index contributed by atoms with van der Waals surface area (Å²) in [5, 5.41) is 19.5. The van der Waals surface area contributed by atoms with E-state index in [-0.39, 0.29) is 12.3 Å². The zero-order valence-electron chi connectivity index (χ0n) is 18.4.